The molecule has 1 amide bonds. The monoisotopic (exact) mass is 243 g/mol. The van der Waals surface area contributed by atoms with E-state index in [4.69, 9.17) is 10.5 Å². The highest BCUT2D eigenvalue weighted by Crippen LogP contribution is 2.51. The van der Waals surface area contributed by atoms with Crippen molar-refractivity contribution in [2.45, 2.75) is 59.0 Å². The molecule has 3 N–H and O–H groups in total. The molecule has 0 saturated heterocycles. The third-order valence-electron chi connectivity index (χ3n) is 4.37. The number of nitrogens with two attached hydrogens (primary N) is 1. The summed E-state index contributed by atoms with van der Waals surface area (Å²) in [5.74, 6) is 0. The number of amides is 1. The number of carbonyl (C=O) groups is 1. The third-order valence-corrected chi connectivity index (χ3v) is 4.37. The lowest BCUT2D eigenvalue weighted by atomic mass is 9.57. The van der Waals surface area contributed by atoms with Crippen LogP contribution in [-0.2, 0) is 4.74 Å². The van der Waals surface area contributed by atoms with Gasteiger partial charge in [-0.3, -0.25) is 0 Å². The highest BCUT2D eigenvalue weighted by Gasteiger charge is 2.47. The molecule has 1 aliphatic rings. The van der Waals surface area contributed by atoms with Crippen LogP contribution >= 0.6 is 0 Å². The summed E-state index contributed by atoms with van der Waals surface area (Å²) in [6.07, 6.45) is 2.48. The molecular formula is C13H25NO3. The normalized spacial score (nSPS) is 34.4. The Hall–Kier alpha value is -0.770. The van der Waals surface area contributed by atoms with Crippen LogP contribution in [0.3, 0.4) is 0 Å². The average molecular weight is 243 g/mol. The summed E-state index contributed by atoms with van der Waals surface area (Å²) < 4.78 is 5.04. The molecule has 100 valence electrons. The quantitative estimate of drug-likeness (QED) is 0.782. The summed E-state index contributed by atoms with van der Waals surface area (Å²) in [5.41, 5.74) is 4.42. The van der Waals surface area contributed by atoms with Crippen molar-refractivity contribution in [1.29, 1.82) is 0 Å². The van der Waals surface area contributed by atoms with Gasteiger partial charge in [0.2, 0.25) is 0 Å². The Morgan fingerprint density at radius 3 is 2.12 bits per heavy atom. The van der Waals surface area contributed by atoms with Gasteiger partial charge in [0.1, 0.15) is 0 Å². The largest absolute Gasteiger partial charge is 0.449 e. The predicted molar refractivity (Wildman–Crippen MR) is 66.5 cm³/mol. The number of aliphatic hydroxyl groups is 1. The second kappa shape index (κ2) is 4.48. The van der Waals surface area contributed by atoms with Gasteiger partial charge in [0.15, 0.2) is 0 Å². The molecule has 1 saturated carbocycles. The van der Waals surface area contributed by atoms with E-state index >= 15 is 0 Å². The molecule has 1 aliphatic carbocycles. The fraction of sp³-hybridized carbons (Fsp3) is 0.923. The molecule has 0 unspecified atom stereocenters. The molecule has 0 aliphatic heterocycles. The van der Waals surface area contributed by atoms with Crippen LogP contribution in [0.2, 0.25) is 0 Å². The van der Waals surface area contributed by atoms with Crippen molar-refractivity contribution in [1.82, 2.24) is 0 Å². The van der Waals surface area contributed by atoms with Gasteiger partial charge in [-0.1, -0.05) is 20.8 Å². The second-order valence-corrected chi connectivity index (χ2v) is 6.63. The lowest BCUT2D eigenvalue weighted by Gasteiger charge is -2.50. The van der Waals surface area contributed by atoms with E-state index in [1.165, 1.54) is 0 Å². The van der Waals surface area contributed by atoms with Gasteiger partial charge in [-0.05, 0) is 38.0 Å². The van der Waals surface area contributed by atoms with Crippen LogP contribution in [0, 0.1) is 10.8 Å². The van der Waals surface area contributed by atoms with Crippen LogP contribution < -0.4 is 5.73 Å². The molecule has 0 aromatic carbocycles. The summed E-state index contributed by atoms with van der Waals surface area (Å²) in [6.45, 7) is 8.67. The first-order valence-electron chi connectivity index (χ1n) is 6.23. The minimum atomic E-state index is -0.717. The number of rotatable bonds is 2. The Bertz CT molecular complexity index is 282. The summed E-state index contributed by atoms with van der Waals surface area (Å²) in [7, 11) is 0. The van der Waals surface area contributed by atoms with Crippen molar-refractivity contribution < 1.29 is 14.6 Å². The zero-order valence-electron chi connectivity index (χ0n) is 11.4. The highest BCUT2D eigenvalue weighted by atomic mass is 16.5. The van der Waals surface area contributed by atoms with Gasteiger partial charge in [0.05, 0.1) is 12.2 Å². The summed E-state index contributed by atoms with van der Waals surface area (Å²) >= 11 is 0. The maximum absolute atomic E-state index is 10.8. The number of hydrogen-bond donors (Lipinski definition) is 2. The van der Waals surface area contributed by atoms with Crippen molar-refractivity contribution in [2.75, 3.05) is 6.61 Å². The standard InChI is InChI=1S/C13H25NO3/c1-11(2,3)13(9-17-10(14)15)7-5-12(4,16)6-8-13/h16H,5-9H2,1-4H3,(H2,14,15). The molecule has 17 heavy (non-hydrogen) atoms. The van der Waals surface area contributed by atoms with Gasteiger partial charge in [-0.25, -0.2) is 4.79 Å². The molecule has 0 heterocycles. The maximum atomic E-state index is 10.8. The van der Waals surface area contributed by atoms with E-state index in [0.717, 1.165) is 25.7 Å². The molecule has 1 rings (SSSR count). The summed E-state index contributed by atoms with van der Waals surface area (Å²) in [4.78, 5) is 10.8. The fourth-order valence-corrected chi connectivity index (χ4v) is 2.59. The fourth-order valence-electron chi connectivity index (χ4n) is 2.59. The topological polar surface area (TPSA) is 72.6 Å². The third kappa shape index (κ3) is 3.35. The number of hydrogen-bond acceptors (Lipinski definition) is 3. The molecule has 0 aromatic rings. The lowest BCUT2D eigenvalue weighted by molar-refractivity contribution is -0.0835. The van der Waals surface area contributed by atoms with E-state index in [1.54, 1.807) is 0 Å². The zero-order chi connectivity index (χ0) is 13.3. The van der Waals surface area contributed by atoms with E-state index in [-0.39, 0.29) is 10.8 Å². The van der Waals surface area contributed by atoms with Gasteiger partial charge >= 0.3 is 6.09 Å². The molecule has 4 nitrogen and oxygen atoms in total. The first-order chi connectivity index (χ1) is 7.58. The Morgan fingerprint density at radius 2 is 1.76 bits per heavy atom. The SMILES string of the molecule is CC1(O)CCC(COC(N)=O)(C(C)(C)C)CC1. The maximum Gasteiger partial charge on any atom is 0.404 e. The Kier molecular flexibility index (Phi) is 3.77. The van der Waals surface area contributed by atoms with E-state index in [1.807, 2.05) is 6.92 Å². The van der Waals surface area contributed by atoms with Crippen LogP contribution in [0.1, 0.15) is 53.4 Å². The van der Waals surface area contributed by atoms with Crippen molar-refractivity contribution in [2.24, 2.45) is 16.6 Å². The van der Waals surface area contributed by atoms with Crippen LogP contribution in [0.15, 0.2) is 0 Å². The van der Waals surface area contributed by atoms with Crippen molar-refractivity contribution in [3.8, 4) is 0 Å². The van der Waals surface area contributed by atoms with Crippen LogP contribution in [0.5, 0.6) is 0 Å². The Labute approximate surface area is 104 Å². The molecule has 0 spiro atoms. The van der Waals surface area contributed by atoms with Gasteiger partial charge < -0.3 is 15.6 Å². The van der Waals surface area contributed by atoms with E-state index < -0.39 is 11.7 Å². The first kappa shape index (κ1) is 14.3. The smallest absolute Gasteiger partial charge is 0.404 e. The van der Waals surface area contributed by atoms with Gasteiger partial charge in [-0.15, -0.1) is 0 Å². The minimum absolute atomic E-state index is 0.0267. The number of primary amides is 1. The van der Waals surface area contributed by atoms with E-state index in [2.05, 4.69) is 20.8 Å². The summed E-state index contributed by atoms with van der Waals surface area (Å²) in [5, 5.41) is 10.0. The van der Waals surface area contributed by atoms with Gasteiger partial charge in [-0.2, -0.15) is 0 Å². The molecule has 0 atom stereocenters. The number of ether oxygens (including phenoxy) is 1. The van der Waals surface area contributed by atoms with Crippen molar-refractivity contribution in [3.63, 3.8) is 0 Å². The first-order valence-corrected chi connectivity index (χ1v) is 6.23. The van der Waals surface area contributed by atoms with Crippen molar-refractivity contribution in [3.05, 3.63) is 0 Å². The average Bonchev–Trinajstić information content (AvgIpc) is 2.14. The molecule has 4 heteroatoms. The van der Waals surface area contributed by atoms with Gasteiger partial charge in [0, 0.05) is 5.41 Å². The zero-order valence-corrected chi connectivity index (χ0v) is 11.4. The Balaban J connectivity index is 2.79. The lowest BCUT2D eigenvalue weighted by Crippen LogP contribution is -2.47. The van der Waals surface area contributed by atoms with E-state index in [0.29, 0.717) is 6.61 Å². The Morgan fingerprint density at radius 1 is 1.29 bits per heavy atom. The highest BCUT2D eigenvalue weighted by molar-refractivity contribution is 5.64. The molecule has 0 bridgehead atoms. The second-order valence-electron chi connectivity index (χ2n) is 6.63. The van der Waals surface area contributed by atoms with Crippen LogP contribution in [-0.4, -0.2) is 23.4 Å². The van der Waals surface area contributed by atoms with E-state index in [9.17, 15) is 9.90 Å². The van der Waals surface area contributed by atoms with Gasteiger partial charge in [0.25, 0.3) is 0 Å². The number of carbonyl (C=O) groups excluding carboxylic acids is 1. The molecule has 0 aromatic heterocycles. The molecule has 0 radical (unpaired) electrons. The van der Waals surface area contributed by atoms with Crippen LogP contribution in [0.4, 0.5) is 4.79 Å². The predicted octanol–water partition coefficient (Wildman–Crippen LogP) is 2.44. The van der Waals surface area contributed by atoms with Crippen LogP contribution in [0.25, 0.3) is 0 Å². The molecule has 1 fully saturated rings. The molecular weight excluding hydrogens is 218 g/mol. The van der Waals surface area contributed by atoms with Crippen molar-refractivity contribution >= 4 is 6.09 Å². The minimum Gasteiger partial charge on any atom is -0.449 e. The summed E-state index contributed by atoms with van der Waals surface area (Å²) in [6, 6.07) is 0.